The van der Waals surface area contributed by atoms with Gasteiger partial charge in [-0.2, -0.15) is 0 Å². The number of para-hydroxylation sites is 1. The molecule has 3 aromatic heterocycles. The molecule has 2 fully saturated rings. The quantitative estimate of drug-likeness (QED) is 0.0607. The van der Waals surface area contributed by atoms with Crippen LogP contribution in [-0.2, 0) is 46.8 Å². The molecule has 1 unspecified atom stereocenters. The number of rotatable bonds is 18. The molecule has 6 aromatic rings. The second-order valence-corrected chi connectivity index (χ2v) is 18.7. The fraction of sp³-hybridized carbons (Fsp3) is 0.440. The lowest BCUT2D eigenvalue weighted by molar-refractivity contribution is -0.135. The van der Waals surface area contributed by atoms with Gasteiger partial charge in [0.2, 0.25) is 17.7 Å². The average molecular weight is 932 g/mol. The number of hydrogen-bond donors (Lipinski definition) is 4. The van der Waals surface area contributed by atoms with Crippen LogP contribution in [0.4, 0.5) is 5.69 Å². The Hall–Kier alpha value is -5.98. The minimum absolute atomic E-state index is 0.00840. The highest BCUT2D eigenvalue weighted by Gasteiger charge is 2.32. The molecule has 1 saturated carbocycles. The lowest BCUT2D eigenvalue weighted by Crippen LogP contribution is -2.44. The van der Waals surface area contributed by atoms with Crippen molar-refractivity contribution in [2.75, 3.05) is 64.7 Å². The minimum Gasteiger partial charge on any atom is -0.381 e. The molecular weight excluding hydrogens is 875 g/mol. The number of aryl methyl sites for hydroxylation is 1. The highest BCUT2D eigenvalue weighted by Crippen LogP contribution is 2.41. The summed E-state index contributed by atoms with van der Waals surface area (Å²) in [5.41, 5.74) is 7.10. The summed E-state index contributed by atoms with van der Waals surface area (Å²) in [5.74, 6) is -0.487. The molecule has 0 bridgehead atoms. The minimum atomic E-state index is -0.725. The first-order chi connectivity index (χ1) is 32.6. The number of anilines is 1. The van der Waals surface area contributed by atoms with Gasteiger partial charge in [-0.3, -0.25) is 33.6 Å². The summed E-state index contributed by atoms with van der Waals surface area (Å²) in [6.45, 7) is 5.34. The van der Waals surface area contributed by atoms with E-state index >= 15 is 0 Å². The van der Waals surface area contributed by atoms with Crippen molar-refractivity contribution in [3.63, 3.8) is 0 Å². The lowest BCUT2D eigenvalue weighted by atomic mass is 9.81. The molecule has 3 aliphatic rings. The van der Waals surface area contributed by atoms with Crippen molar-refractivity contribution in [1.29, 1.82) is 0 Å². The van der Waals surface area contributed by atoms with E-state index in [0.717, 1.165) is 79.6 Å². The number of aromatic nitrogens is 3. The SMILES string of the molecule is C[C@@H]1CNc2c(sc3ccc4nc(-c5ccc(C6CCC(NC(=O)COCCOCCOCCOCCc7cccc8c7n(C)c(=O)n8C7CCC(=O)NC7=O)CC6)cc5)ccc4c23)C(=O)N1. The zero-order chi connectivity index (χ0) is 46.4. The maximum Gasteiger partial charge on any atom is 0.329 e. The van der Waals surface area contributed by atoms with Crippen LogP contribution < -0.4 is 27.0 Å². The molecule has 5 heterocycles. The van der Waals surface area contributed by atoms with Crippen LogP contribution in [0.1, 0.15) is 78.2 Å². The Morgan fingerprint density at radius 1 is 0.836 bits per heavy atom. The number of benzene rings is 3. The molecule has 1 aliphatic carbocycles. The normalized spacial score (nSPS) is 19.8. The number of ether oxygens (including phenoxy) is 4. The third-order valence-electron chi connectivity index (χ3n) is 13.0. The zero-order valence-corrected chi connectivity index (χ0v) is 38.7. The summed E-state index contributed by atoms with van der Waals surface area (Å²) in [6, 6.07) is 22.1. The number of pyridine rings is 1. The molecule has 1 saturated heterocycles. The Kier molecular flexibility index (Phi) is 14.4. The van der Waals surface area contributed by atoms with Crippen molar-refractivity contribution < 1.29 is 38.1 Å². The summed E-state index contributed by atoms with van der Waals surface area (Å²) in [6.07, 6.45) is 4.87. The van der Waals surface area contributed by atoms with E-state index in [0.29, 0.717) is 70.6 Å². The second-order valence-electron chi connectivity index (χ2n) is 17.6. The van der Waals surface area contributed by atoms with Crippen LogP contribution in [0.25, 0.3) is 43.3 Å². The molecule has 352 valence electrons. The van der Waals surface area contributed by atoms with Crippen LogP contribution in [0, 0.1) is 0 Å². The number of carbonyl (C=O) groups excluding carboxylic acids is 4. The van der Waals surface area contributed by atoms with Gasteiger partial charge in [-0.05, 0) is 92.8 Å². The van der Waals surface area contributed by atoms with Crippen molar-refractivity contribution >= 4 is 72.7 Å². The molecule has 2 atom stereocenters. The number of carbonyl (C=O) groups is 4. The third kappa shape index (κ3) is 10.3. The van der Waals surface area contributed by atoms with Crippen LogP contribution in [0.5, 0.6) is 0 Å². The van der Waals surface area contributed by atoms with Gasteiger partial charge in [0.1, 0.15) is 17.5 Å². The van der Waals surface area contributed by atoms with E-state index in [1.165, 1.54) is 21.5 Å². The summed E-state index contributed by atoms with van der Waals surface area (Å²) in [5, 5.41) is 14.1. The van der Waals surface area contributed by atoms with E-state index in [-0.39, 0.29) is 54.9 Å². The summed E-state index contributed by atoms with van der Waals surface area (Å²) in [7, 11) is 1.69. The predicted octanol–water partition coefficient (Wildman–Crippen LogP) is 5.74. The second kappa shape index (κ2) is 20.9. The highest BCUT2D eigenvalue weighted by molar-refractivity contribution is 7.21. The van der Waals surface area contributed by atoms with Crippen molar-refractivity contribution in [2.45, 2.75) is 75.9 Å². The highest BCUT2D eigenvalue weighted by atomic mass is 32.1. The molecule has 4 N–H and O–H groups in total. The molecule has 0 spiro atoms. The number of piperidine rings is 1. The van der Waals surface area contributed by atoms with Gasteiger partial charge in [0.25, 0.3) is 5.91 Å². The number of thiophene rings is 1. The van der Waals surface area contributed by atoms with Gasteiger partial charge in [0, 0.05) is 53.1 Å². The smallest absolute Gasteiger partial charge is 0.329 e. The van der Waals surface area contributed by atoms with E-state index < -0.39 is 11.9 Å². The van der Waals surface area contributed by atoms with Gasteiger partial charge >= 0.3 is 5.69 Å². The van der Waals surface area contributed by atoms with E-state index in [1.54, 1.807) is 11.6 Å². The predicted molar refractivity (Wildman–Crippen MR) is 257 cm³/mol. The monoisotopic (exact) mass is 931 g/mol. The zero-order valence-electron chi connectivity index (χ0n) is 37.9. The molecule has 16 nitrogen and oxygen atoms in total. The van der Waals surface area contributed by atoms with Crippen molar-refractivity contribution in [1.82, 2.24) is 30.1 Å². The molecule has 17 heteroatoms. The number of amides is 4. The van der Waals surface area contributed by atoms with E-state index in [2.05, 4.69) is 63.7 Å². The molecular formula is C50H57N7O9S. The fourth-order valence-corrected chi connectivity index (χ4v) is 10.7. The van der Waals surface area contributed by atoms with Crippen molar-refractivity contribution in [3.05, 3.63) is 93.2 Å². The Labute approximate surface area is 391 Å². The van der Waals surface area contributed by atoms with E-state index in [4.69, 9.17) is 23.9 Å². The van der Waals surface area contributed by atoms with Crippen molar-refractivity contribution in [3.8, 4) is 11.3 Å². The van der Waals surface area contributed by atoms with E-state index in [9.17, 15) is 24.0 Å². The van der Waals surface area contributed by atoms with Gasteiger partial charge < -0.3 is 34.9 Å². The Balaban J connectivity index is 0.625. The summed E-state index contributed by atoms with van der Waals surface area (Å²) in [4.78, 5) is 68.6. The van der Waals surface area contributed by atoms with Crippen LogP contribution in [-0.4, -0.2) is 109 Å². The number of nitrogens with zero attached hydrogens (tertiary/aromatic N) is 3. The number of nitrogens with one attached hydrogen (secondary N) is 4. The van der Waals surface area contributed by atoms with Gasteiger partial charge in [0.15, 0.2) is 0 Å². The van der Waals surface area contributed by atoms with Crippen LogP contribution in [0.2, 0.25) is 0 Å². The molecule has 9 rings (SSSR count). The van der Waals surface area contributed by atoms with Gasteiger partial charge in [-0.1, -0.05) is 36.4 Å². The standard InChI is InChI=1S/C50H57N7O9S/c1-30-28-51-45-44-36-14-15-37(54-38(36)16-18-41(44)67-47(45)49(61)52-30)33-8-6-31(7-9-33)32-10-12-35(13-11-32)53-43(59)29-66-27-26-65-25-24-64-23-22-63-21-20-34-4-3-5-39-46(34)56(2)50(62)57(39)40-17-19-42(58)55-48(40)60/h3-9,14-16,18,30,32,35,40,51H,10-13,17,19-29H2,1-2H3,(H,52,61)(H,53,59)(H,55,58,60)/t30-,32?,35?,40?/m1/s1. The summed E-state index contributed by atoms with van der Waals surface area (Å²) < 4.78 is 26.7. The van der Waals surface area contributed by atoms with Crippen molar-refractivity contribution in [2.24, 2.45) is 7.05 Å². The number of imide groups is 1. The first-order valence-electron chi connectivity index (χ1n) is 23.3. The number of fused-ring (bicyclic) bond motifs is 6. The molecule has 67 heavy (non-hydrogen) atoms. The van der Waals surface area contributed by atoms with Gasteiger partial charge in [-0.15, -0.1) is 11.3 Å². The first kappa shape index (κ1) is 46.1. The molecule has 4 amide bonds. The van der Waals surface area contributed by atoms with Crippen LogP contribution in [0.3, 0.4) is 0 Å². The lowest BCUT2D eigenvalue weighted by Gasteiger charge is -2.29. The largest absolute Gasteiger partial charge is 0.381 e. The number of imidazole rings is 1. The number of hydrogen-bond acceptors (Lipinski definition) is 12. The Morgan fingerprint density at radius 3 is 2.31 bits per heavy atom. The Morgan fingerprint density at radius 2 is 1.57 bits per heavy atom. The summed E-state index contributed by atoms with van der Waals surface area (Å²) >= 11 is 1.52. The van der Waals surface area contributed by atoms with Gasteiger partial charge in [0.05, 0.1) is 74.2 Å². The van der Waals surface area contributed by atoms with Crippen LogP contribution in [0.15, 0.2) is 71.5 Å². The first-order valence-corrected chi connectivity index (χ1v) is 24.1. The van der Waals surface area contributed by atoms with Gasteiger partial charge in [-0.25, -0.2) is 9.78 Å². The van der Waals surface area contributed by atoms with E-state index in [1.807, 2.05) is 31.2 Å². The molecule has 0 radical (unpaired) electrons. The maximum absolute atomic E-state index is 13.1. The Bertz CT molecular complexity index is 2850. The topological polar surface area (TPSA) is 193 Å². The maximum atomic E-state index is 13.1. The average Bonchev–Trinajstić information content (AvgIpc) is 3.79. The third-order valence-corrected chi connectivity index (χ3v) is 14.2. The molecule has 2 aliphatic heterocycles. The molecule has 3 aromatic carbocycles. The fourth-order valence-electron chi connectivity index (χ4n) is 9.61. The van der Waals surface area contributed by atoms with Crippen LogP contribution >= 0.6 is 11.3 Å².